The zero-order valence-electron chi connectivity index (χ0n) is 13.6. The second-order valence-corrected chi connectivity index (χ2v) is 7.82. The molecule has 3 rings (SSSR count). The van der Waals surface area contributed by atoms with Gasteiger partial charge in [-0.1, -0.05) is 53.8 Å². The van der Waals surface area contributed by atoms with Gasteiger partial charge in [-0.15, -0.1) is 0 Å². The van der Waals surface area contributed by atoms with Crippen LogP contribution in [-0.4, -0.2) is 10.2 Å². The first kappa shape index (κ1) is 17.2. The van der Waals surface area contributed by atoms with E-state index in [1.54, 1.807) is 4.90 Å². The van der Waals surface area contributed by atoms with Gasteiger partial charge in [-0.25, -0.2) is 0 Å². The predicted molar refractivity (Wildman–Crippen MR) is 108 cm³/mol. The molecule has 1 saturated heterocycles. The molecule has 2 aromatic rings. The molecule has 0 atom stereocenters. The molecule has 0 N–H and O–H groups in total. The molecule has 1 aliphatic rings. The molecule has 2 aromatic carbocycles. The number of aryl methyl sites for hydroxylation is 2. The van der Waals surface area contributed by atoms with Crippen LogP contribution in [0.15, 0.2) is 47.4 Å². The van der Waals surface area contributed by atoms with Crippen molar-refractivity contribution in [2.24, 2.45) is 0 Å². The summed E-state index contributed by atoms with van der Waals surface area (Å²) in [6, 6.07) is 13.4. The van der Waals surface area contributed by atoms with Gasteiger partial charge in [-0.3, -0.25) is 9.69 Å². The van der Waals surface area contributed by atoms with Crippen LogP contribution < -0.4 is 4.90 Å². The van der Waals surface area contributed by atoms with E-state index in [4.69, 9.17) is 23.8 Å². The third-order valence-electron chi connectivity index (χ3n) is 4.14. The maximum atomic E-state index is 12.9. The smallest absolute Gasteiger partial charge is 0.268 e. The largest absolute Gasteiger partial charge is 0.271 e. The average molecular weight is 374 g/mol. The predicted octanol–water partition coefficient (Wildman–Crippen LogP) is 5.75. The van der Waals surface area contributed by atoms with E-state index in [9.17, 15) is 4.79 Å². The van der Waals surface area contributed by atoms with Crippen molar-refractivity contribution in [2.75, 3.05) is 4.90 Å². The van der Waals surface area contributed by atoms with E-state index >= 15 is 0 Å². The van der Waals surface area contributed by atoms with Crippen LogP contribution in [0, 0.1) is 13.8 Å². The second-order valence-electron chi connectivity index (χ2n) is 5.74. The standard InChI is InChI=1S/C19H16ClNOS2/c1-11-4-9-16(10-12(11)2)21-18(22)17(24-19(21)23)13(3)14-5-7-15(20)8-6-14/h4-10H,1-3H3. The Labute approximate surface area is 156 Å². The molecule has 0 aliphatic carbocycles. The lowest BCUT2D eigenvalue weighted by atomic mass is 10.1. The van der Waals surface area contributed by atoms with Gasteiger partial charge in [0, 0.05) is 5.02 Å². The first-order chi connectivity index (χ1) is 11.4. The number of hydrogen-bond acceptors (Lipinski definition) is 3. The number of carbonyl (C=O) groups is 1. The Bertz CT molecular complexity index is 871. The highest BCUT2D eigenvalue weighted by Gasteiger charge is 2.35. The molecular weight excluding hydrogens is 358 g/mol. The van der Waals surface area contributed by atoms with Crippen LogP contribution in [0.3, 0.4) is 0 Å². The molecule has 0 radical (unpaired) electrons. The van der Waals surface area contributed by atoms with Crippen LogP contribution in [0.2, 0.25) is 5.02 Å². The van der Waals surface area contributed by atoms with Crippen molar-refractivity contribution in [1.82, 2.24) is 0 Å². The quantitative estimate of drug-likeness (QED) is 0.493. The number of amides is 1. The molecule has 1 aliphatic heterocycles. The van der Waals surface area contributed by atoms with Crippen LogP contribution in [-0.2, 0) is 4.79 Å². The molecule has 0 unspecified atom stereocenters. The average Bonchev–Trinajstić information content (AvgIpc) is 2.85. The Hall–Kier alpha value is -1.62. The summed E-state index contributed by atoms with van der Waals surface area (Å²) in [5, 5.41) is 0.675. The Balaban J connectivity index is 2.00. The van der Waals surface area contributed by atoms with Gasteiger partial charge in [0.25, 0.3) is 5.91 Å². The number of nitrogens with zero attached hydrogens (tertiary/aromatic N) is 1. The van der Waals surface area contributed by atoms with Crippen molar-refractivity contribution >= 4 is 57.1 Å². The van der Waals surface area contributed by atoms with Gasteiger partial charge in [0.15, 0.2) is 4.32 Å². The van der Waals surface area contributed by atoms with Crippen LogP contribution in [0.1, 0.15) is 23.6 Å². The van der Waals surface area contributed by atoms with Gasteiger partial charge in [-0.2, -0.15) is 0 Å². The Kier molecular flexibility index (Phi) is 4.81. The first-order valence-electron chi connectivity index (χ1n) is 7.49. The number of thiocarbonyl (C=S) groups is 1. The van der Waals surface area contributed by atoms with Gasteiger partial charge in [0.2, 0.25) is 0 Å². The fourth-order valence-electron chi connectivity index (χ4n) is 2.52. The highest BCUT2D eigenvalue weighted by Crippen LogP contribution is 2.39. The van der Waals surface area contributed by atoms with Gasteiger partial charge in [0.05, 0.1) is 10.6 Å². The fraction of sp³-hybridized carbons (Fsp3) is 0.158. The Morgan fingerprint density at radius 2 is 1.75 bits per heavy atom. The van der Waals surface area contributed by atoms with Crippen molar-refractivity contribution in [3.8, 4) is 0 Å². The number of rotatable bonds is 2. The zero-order chi connectivity index (χ0) is 17.4. The number of benzene rings is 2. The molecule has 2 nitrogen and oxygen atoms in total. The fourth-order valence-corrected chi connectivity index (χ4v) is 3.98. The van der Waals surface area contributed by atoms with Crippen LogP contribution in [0.5, 0.6) is 0 Å². The van der Waals surface area contributed by atoms with E-state index in [0.717, 1.165) is 22.4 Å². The van der Waals surface area contributed by atoms with Crippen molar-refractivity contribution in [1.29, 1.82) is 0 Å². The lowest BCUT2D eigenvalue weighted by molar-refractivity contribution is -0.113. The number of thioether (sulfide) groups is 1. The number of anilines is 1. The molecule has 5 heteroatoms. The first-order valence-corrected chi connectivity index (χ1v) is 9.09. The highest BCUT2D eigenvalue weighted by molar-refractivity contribution is 8.27. The summed E-state index contributed by atoms with van der Waals surface area (Å²) >= 11 is 12.7. The topological polar surface area (TPSA) is 20.3 Å². The van der Waals surface area contributed by atoms with Crippen LogP contribution in [0.4, 0.5) is 5.69 Å². The summed E-state index contributed by atoms with van der Waals surface area (Å²) in [4.78, 5) is 15.2. The molecule has 0 aromatic heterocycles. The van der Waals surface area contributed by atoms with Gasteiger partial charge in [-0.05, 0) is 67.3 Å². The van der Waals surface area contributed by atoms with Crippen molar-refractivity contribution in [3.05, 3.63) is 69.1 Å². The lowest BCUT2D eigenvalue weighted by Crippen LogP contribution is -2.27. The van der Waals surface area contributed by atoms with E-state index in [1.807, 2.05) is 63.2 Å². The van der Waals surface area contributed by atoms with Gasteiger partial charge in [0.1, 0.15) is 0 Å². The SMILES string of the molecule is CC(=C1SC(=S)N(c2ccc(C)c(C)c2)C1=O)c1ccc(Cl)cc1. The lowest BCUT2D eigenvalue weighted by Gasteiger charge is -2.16. The van der Waals surface area contributed by atoms with E-state index in [-0.39, 0.29) is 5.91 Å². The summed E-state index contributed by atoms with van der Waals surface area (Å²) in [7, 11) is 0. The van der Waals surface area contributed by atoms with E-state index in [2.05, 4.69) is 0 Å². The summed E-state index contributed by atoms with van der Waals surface area (Å²) in [6.07, 6.45) is 0. The van der Waals surface area contributed by atoms with E-state index in [0.29, 0.717) is 14.2 Å². The molecule has 1 fully saturated rings. The zero-order valence-corrected chi connectivity index (χ0v) is 16.0. The maximum Gasteiger partial charge on any atom is 0.271 e. The number of halogens is 1. The minimum atomic E-state index is -0.0688. The third-order valence-corrected chi connectivity index (χ3v) is 5.86. The Morgan fingerprint density at radius 3 is 2.38 bits per heavy atom. The van der Waals surface area contributed by atoms with Crippen molar-refractivity contribution in [3.63, 3.8) is 0 Å². The molecule has 0 saturated carbocycles. The van der Waals surface area contributed by atoms with Crippen molar-refractivity contribution in [2.45, 2.75) is 20.8 Å². The summed E-state index contributed by atoms with van der Waals surface area (Å²) < 4.78 is 0.562. The third kappa shape index (κ3) is 3.14. The normalized spacial score (nSPS) is 16.8. The number of allylic oxidation sites excluding steroid dienone is 1. The summed E-state index contributed by atoms with van der Waals surface area (Å²) in [5.41, 5.74) is 5.03. The summed E-state index contributed by atoms with van der Waals surface area (Å²) in [6.45, 7) is 6.02. The molecular formula is C19H16ClNOS2. The van der Waals surface area contributed by atoms with E-state index in [1.165, 1.54) is 17.3 Å². The van der Waals surface area contributed by atoms with Gasteiger partial charge >= 0.3 is 0 Å². The highest BCUT2D eigenvalue weighted by atomic mass is 35.5. The van der Waals surface area contributed by atoms with Crippen LogP contribution >= 0.6 is 35.6 Å². The second kappa shape index (κ2) is 6.71. The monoisotopic (exact) mass is 373 g/mol. The minimum Gasteiger partial charge on any atom is -0.268 e. The molecule has 0 spiro atoms. The number of carbonyl (C=O) groups excluding carboxylic acids is 1. The van der Waals surface area contributed by atoms with Crippen LogP contribution in [0.25, 0.3) is 5.57 Å². The molecule has 0 bridgehead atoms. The maximum absolute atomic E-state index is 12.9. The molecule has 1 amide bonds. The Morgan fingerprint density at radius 1 is 1.08 bits per heavy atom. The molecule has 24 heavy (non-hydrogen) atoms. The number of hydrogen-bond donors (Lipinski definition) is 0. The molecule has 1 heterocycles. The van der Waals surface area contributed by atoms with Gasteiger partial charge < -0.3 is 0 Å². The molecule has 122 valence electrons. The van der Waals surface area contributed by atoms with E-state index < -0.39 is 0 Å². The van der Waals surface area contributed by atoms with Crippen molar-refractivity contribution < 1.29 is 4.79 Å². The minimum absolute atomic E-state index is 0.0688. The summed E-state index contributed by atoms with van der Waals surface area (Å²) in [5.74, 6) is -0.0688.